The van der Waals surface area contributed by atoms with Gasteiger partial charge in [-0.15, -0.1) is 0 Å². The van der Waals surface area contributed by atoms with Gasteiger partial charge in [-0.2, -0.15) is 5.10 Å². The van der Waals surface area contributed by atoms with E-state index in [2.05, 4.69) is 46.7 Å². The molecule has 2 heterocycles. The van der Waals surface area contributed by atoms with Crippen molar-refractivity contribution < 1.29 is 0 Å². The summed E-state index contributed by atoms with van der Waals surface area (Å²) in [6.07, 6.45) is 1.58. The number of fused-ring (bicyclic) bond motifs is 1. The molecule has 0 spiro atoms. The van der Waals surface area contributed by atoms with Crippen molar-refractivity contribution in [2.45, 2.75) is 30.8 Å². The van der Waals surface area contributed by atoms with Crippen molar-refractivity contribution in [3.63, 3.8) is 0 Å². The fourth-order valence-corrected chi connectivity index (χ4v) is 3.33. The summed E-state index contributed by atoms with van der Waals surface area (Å²) in [6, 6.07) is 8.64. The number of rotatable bonds is 4. The number of hydrogen-bond acceptors (Lipinski definition) is 4. The zero-order valence-corrected chi connectivity index (χ0v) is 12.6. The Hall–Kier alpha value is -1.82. The Bertz CT molecular complexity index is 728. The Morgan fingerprint density at radius 1 is 1.25 bits per heavy atom. The third kappa shape index (κ3) is 2.31. The van der Waals surface area contributed by atoms with E-state index in [0.717, 1.165) is 22.3 Å². The molecule has 20 heavy (non-hydrogen) atoms. The van der Waals surface area contributed by atoms with Crippen LogP contribution in [-0.4, -0.2) is 24.3 Å². The summed E-state index contributed by atoms with van der Waals surface area (Å²) in [5.41, 5.74) is 2.23. The van der Waals surface area contributed by atoms with Crippen LogP contribution in [0.15, 0.2) is 35.7 Å². The van der Waals surface area contributed by atoms with Crippen molar-refractivity contribution in [1.82, 2.24) is 24.3 Å². The van der Waals surface area contributed by atoms with Crippen LogP contribution in [-0.2, 0) is 12.8 Å². The number of nitrogens with zero attached hydrogens (tertiary/aromatic N) is 5. The minimum Gasteiger partial charge on any atom is -0.316 e. The Morgan fingerprint density at radius 3 is 2.75 bits per heavy atom. The van der Waals surface area contributed by atoms with Crippen molar-refractivity contribution in [3.8, 4) is 0 Å². The van der Waals surface area contributed by atoms with Gasteiger partial charge in [0, 0.05) is 13.1 Å². The van der Waals surface area contributed by atoms with Crippen LogP contribution in [0, 0.1) is 0 Å². The van der Waals surface area contributed by atoms with Gasteiger partial charge in [-0.3, -0.25) is 4.68 Å². The van der Waals surface area contributed by atoms with Gasteiger partial charge in [0.2, 0.25) is 0 Å². The average Bonchev–Trinajstić information content (AvgIpc) is 2.99. The molecule has 3 aromatic rings. The van der Waals surface area contributed by atoms with Crippen LogP contribution in [0.2, 0.25) is 0 Å². The summed E-state index contributed by atoms with van der Waals surface area (Å²) in [5, 5.41) is 5.13. The fourth-order valence-electron chi connectivity index (χ4n) is 2.20. The molecule has 0 aliphatic heterocycles. The van der Waals surface area contributed by atoms with Crippen LogP contribution in [0.25, 0.3) is 11.0 Å². The minimum atomic E-state index is 0.379. The number of thioether (sulfide) groups is 1. The first-order valence-corrected chi connectivity index (χ1v) is 7.58. The third-order valence-electron chi connectivity index (χ3n) is 3.22. The Morgan fingerprint density at radius 2 is 2.05 bits per heavy atom. The molecule has 0 fully saturated rings. The lowest BCUT2D eigenvalue weighted by atomic mass is 10.3. The first-order valence-electron chi connectivity index (χ1n) is 6.59. The van der Waals surface area contributed by atoms with Gasteiger partial charge in [0.25, 0.3) is 0 Å². The van der Waals surface area contributed by atoms with Gasteiger partial charge < -0.3 is 4.57 Å². The number of hydrogen-bond donors (Lipinski definition) is 0. The second-order valence-corrected chi connectivity index (χ2v) is 5.88. The highest BCUT2D eigenvalue weighted by Crippen LogP contribution is 2.29. The Labute approximate surface area is 122 Å². The van der Waals surface area contributed by atoms with Crippen LogP contribution >= 0.6 is 11.8 Å². The van der Waals surface area contributed by atoms with Crippen LogP contribution in [0.5, 0.6) is 0 Å². The zero-order valence-electron chi connectivity index (χ0n) is 11.8. The molecular weight excluding hydrogens is 270 g/mol. The summed E-state index contributed by atoms with van der Waals surface area (Å²) >= 11 is 1.70. The maximum atomic E-state index is 4.73. The maximum absolute atomic E-state index is 4.73. The zero-order chi connectivity index (χ0) is 14.1. The van der Waals surface area contributed by atoms with Crippen molar-refractivity contribution in [2.75, 3.05) is 0 Å². The van der Waals surface area contributed by atoms with Gasteiger partial charge in [0.1, 0.15) is 12.2 Å². The van der Waals surface area contributed by atoms with Gasteiger partial charge in [0.15, 0.2) is 5.16 Å². The molecule has 0 bridgehead atoms. The predicted molar refractivity (Wildman–Crippen MR) is 80.7 cm³/mol. The van der Waals surface area contributed by atoms with E-state index in [-0.39, 0.29) is 0 Å². The summed E-state index contributed by atoms with van der Waals surface area (Å²) in [6.45, 7) is 4.36. The van der Waals surface area contributed by atoms with Crippen LogP contribution in [0.4, 0.5) is 0 Å². The lowest BCUT2D eigenvalue weighted by molar-refractivity contribution is 0.566. The standard InChI is InChI=1S/C14H17N5S/c1-10(2)19-12-7-5-4-6-11(12)17-14(19)20-8-13-15-9-16-18(13)3/h4-7,9-10H,8H2,1-3H3. The van der Waals surface area contributed by atoms with E-state index in [1.165, 1.54) is 5.52 Å². The molecule has 5 nitrogen and oxygen atoms in total. The highest BCUT2D eigenvalue weighted by molar-refractivity contribution is 7.98. The van der Waals surface area contributed by atoms with Gasteiger partial charge in [-0.1, -0.05) is 23.9 Å². The number of aryl methyl sites for hydroxylation is 1. The SMILES string of the molecule is CC(C)n1c(SCc2ncnn2C)nc2ccccc21. The Kier molecular flexibility index (Phi) is 3.48. The fraction of sp³-hybridized carbons (Fsp3) is 0.357. The molecule has 0 atom stereocenters. The van der Waals surface area contributed by atoms with Gasteiger partial charge in [-0.05, 0) is 26.0 Å². The second-order valence-electron chi connectivity index (χ2n) is 4.94. The second kappa shape index (κ2) is 5.28. The molecule has 6 heteroatoms. The number of benzene rings is 1. The Balaban J connectivity index is 1.94. The molecule has 2 aromatic heterocycles. The lowest BCUT2D eigenvalue weighted by Gasteiger charge is -2.12. The molecule has 0 N–H and O–H groups in total. The summed E-state index contributed by atoms with van der Waals surface area (Å²) in [5.74, 6) is 1.73. The normalized spacial score (nSPS) is 11.6. The number of imidazole rings is 1. The smallest absolute Gasteiger partial charge is 0.169 e. The largest absolute Gasteiger partial charge is 0.316 e. The number of aromatic nitrogens is 5. The minimum absolute atomic E-state index is 0.379. The van der Waals surface area contributed by atoms with E-state index in [0.29, 0.717) is 6.04 Å². The highest BCUT2D eigenvalue weighted by atomic mass is 32.2. The molecular formula is C14H17N5S. The van der Waals surface area contributed by atoms with Crippen LogP contribution < -0.4 is 0 Å². The summed E-state index contributed by atoms with van der Waals surface area (Å²) in [4.78, 5) is 8.98. The van der Waals surface area contributed by atoms with Crippen molar-refractivity contribution in [2.24, 2.45) is 7.05 Å². The molecule has 1 aromatic carbocycles. The highest BCUT2D eigenvalue weighted by Gasteiger charge is 2.14. The topological polar surface area (TPSA) is 48.5 Å². The van der Waals surface area contributed by atoms with E-state index >= 15 is 0 Å². The average molecular weight is 287 g/mol. The molecule has 0 saturated carbocycles. The monoisotopic (exact) mass is 287 g/mol. The molecule has 104 valence electrons. The van der Waals surface area contributed by atoms with E-state index in [1.54, 1.807) is 22.8 Å². The lowest BCUT2D eigenvalue weighted by Crippen LogP contribution is -2.03. The van der Waals surface area contributed by atoms with Crippen molar-refractivity contribution in [3.05, 3.63) is 36.4 Å². The van der Waals surface area contributed by atoms with E-state index in [4.69, 9.17) is 4.98 Å². The third-order valence-corrected chi connectivity index (χ3v) is 4.16. The molecule has 0 aliphatic rings. The van der Waals surface area contributed by atoms with Crippen molar-refractivity contribution in [1.29, 1.82) is 0 Å². The molecule has 0 amide bonds. The van der Waals surface area contributed by atoms with Crippen molar-refractivity contribution >= 4 is 22.8 Å². The summed E-state index contributed by atoms with van der Waals surface area (Å²) < 4.78 is 4.08. The molecule has 0 saturated heterocycles. The quantitative estimate of drug-likeness (QED) is 0.692. The summed E-state index contributed by atoms with van der Waals surface area (Å²) in [7, 11) is 1.91. The molecule has 3 rings (SSSR count). The van der Waals surface area contributed by atoms with Crippen LogP contribution in [0.1, 0.15) is 25.7 Å². The van der Waals surface area contributed by atoms with E-state index in [9.17, 15) is 0 Å². The first-order chi connectivity index (χ1) is 9.66. The molecule has 0 unspecified atom stereocenters. The maximum Gasteiger partial charge on any atom is 0.169 e. The van der Waals surface area contributed by atoms with E-state index in [1.807, 2.05) is 13.1 Å². The first kappa shape index (κ1) is 13.2. The van der Waals surface area contributed by atoms with Crippen LogP contribution in [0.3, 0.4) is 0 Å². The van der Waals surface area contributed by atoms with Gasteiger partial charge >= 0.3 is 0 Å². The molecule has 0 radical (unpaired) electrons. The van der Waals surface area contributed by atoms with Gasteiger partial charge in [-0.25, -0.2) is 9.97 Å². The predicted octanol–water partition coefficient (Wildman–Crippen LogP) is 3.04. The van der Waals surface area contributed by atoms with Gasteiger partial charge in [0.05, 0.1) is 16.8 Å². The molecule has 0 aliphatic carbocycles. The number of para-hydroxylation sites is 2. The van der Waals surface area contributed by atoms with E-state index < -0.39 is 0 Å².